The van der Waals surface area contributed by atoms with Crippen LogP contribution in [-0.2, 0) is 42.1 Å². The van der Waals surface area contributed by atoms with Crippen LogP contribution in [0.25, 0.3) is 0 Å². The molecule has 0 unspecified atom stereocenters. The monoisotopic (exact) mass is 538 g/mol. The zero-order valence-corrected chi connectivity index (χ0v) is 19.0. The van der Waals surface area contributed by atoms with Crippen LogP contribution in [-0.4, -0.2) is 43.9 Å². The SMILES string of the molecule is COc1c[c]([Hg])c(CCNC(C)=O)cc1OC.O=C(O)C(F)(F)F. The molecule has 0 fully saturated rings. The van der Waals surface area contributed by atoms with Gasteiger partial charge in [-0.2, -0.15) is 13.2 Å². The van der Waals surface area contributed by atoms with Crippen molar-refractivity contribution in [2.24, 2.45) is 0 Å². The Labute approximate surface area is 153 Å². The van der Waals surface area contributed by atoms with Gasteiger partial charge in [0.25, 0.3) is 0 Å². The Morgan fingerprint density at radius 3 is 2.04 bits per heavy atom. The van der Waals surface area contributed by atoms with Crippen molar-refractivity contribution in [1.29, 1.82) is 0 Å². The van der Waals surface area contributed by atoms with Gasteiger partial charge in [0.1, 0.15) is 0 Å². The number of amides is 1. The van der Waals surface area contributed by atoms with E-state index >= 15 is 0 Å². The largest absolute Gasteiger partial charge is 0.490 e. The maximum atomic E-state index is 10.8. The molecule has 0 saturated heterocycles. The van der Waals surface area contributed by atoms with Gasteiger partial charge in [0.2, 0.25) is 0 Å². The van der Waals surface area contributed by atoms with Crippen LogP contribution in [0.1, 0.15) is 12.5 Å². The predicted molar refractivity (Wildman–Crippen MR) is 75.3 cm³/mol. The van der Waals surface area contributed by atoms with Gasteiger partial charge in [0.05, 0.1) is 0 Å². The summed E-state index contributed by atoms with van der Waals surface area (Å²) < 4.78 is 43.6. The number of carboxylic acid groups (broad SMARTS) is 1. The number of halogens is 3. The molecule has 0 bridgehead atoms. The van der Waals surface area contributed by atoms with E-state index in [-0.39, 0.29) is 5.91 Å². The maximum Gasteiger partial charge on any atom is 0.490 e. The molecule has 0 aromatic heterocycles. The molecule has 0 atom stereocenters. The summed E-state index contributed by atoms with van der Waals surface area (Å²) in [5.74, 6) is -1.22. The molecule has 1 amide bonds. The molecule has 10 heteroatoms. The summed E-state index contributed by atoms with van der Waals surface area (Å²) in [4.78, 5) is 19.7. The molecule has 1 aromatic carbocycles. The number of carbonyl (C=O) groups excluding carboxylic acids is 1. The van der Waals surface area contributed by atoms with Crippen molar-refractivity contribution in [1.82, 2.24) is 5.32 Å². The molecule has 1 aromatic rings. The second-order valence-electron chi connectivity index (χ2n) is 4.51. The number of alkyl halides is 3. The Hall–Kier alpha value is -1.51. The number of hydrogen-bond acceptors (Lipinski definition) is 4. The van der Waals surface area contributed by atoms with Gasteiger partial charge >= 0.3 is 130 Å². The summed E-state index contributed by atoms with van der Waals surface area (Å²) in [6.07, 6.45) is -4.25. The number of ether oxygens (including phenoxy) is 2. The number of nitrogens with one attached hydrogen (secondary N) is 1. The topological polar surface area (TPSA) is 84.9 Å². The van der Waals surface area contributed by atoms with Gasteiger partial charge in [-0.05, 0) is 0 Å². The summed E-state index contributed by atoms with van der Waals surface area (Å²) >= 11 is 0.514. The van der Waals surface area contributed by atoms with Crippen molar-refractivity contribution in [2.45, 2.75) is 19.5 Å². The van der Waals surface area contributed by atoms with E-state index in [9.17, 15) is 18.0 Å². The molecule has 24 heavy (non-hydrogen) atoms. The Balaban J connectivity index is 0.000000640. The number of carbonyl (C=O) groups is 2. The van der Waals surface area contributed by atoms with E-state index in [1.54, 1.807) is 14.2 Å². The van der Waals surface area contributed by atoms with Crippen molar-refractivity contribution in [3.8, 4) is 11.5 Å². The van der Waals surface area contributed by atoms with E-state index in [4.69, 9.17) is 19.4 Å². The van der Waals surface area contributed by atoms with Crippen LogP contribution in [0.15, 0.2) is 12.1 Å². The van der Waals surface area contributed by atoms with Gasteiger partial charge in [-0.3, -0.25) is 0 Å². The molecule has 6 nitrogen and oxygen atoms in total. The van der Waals surface area contributed by atoms with Crippen LogP contribution in [0.2, 0.25) is 0 Å². The average molecular weight is 537 g/mol. The molecular weight excluding hydrogens is 520 g/mol. The number of methoxy groups -OCH3 is 2. The van der Waals surface area contributed by atoms with Gasteiger partial charge in [-0.25, -0.2) is 4.79 Å². The Morgan fingerprint density at radius 2 is 1.67 bits per heavy atom. The van der Waals surface area contributed by atoms with E-state index in [1.165, 1.54) is 15.6 Å². The van der Waals surface area contributed by atoms with E-state index in [2.05, 4.69) is 5.32 Å². The molecule has 0 aliphatic heterocycles. The maximum absolute atomic E-state index is 10.8. The van der Waals surface area contributed by atoms with Gasteiger partial charge in [0.15, 0.2) is 0 Å². The number of aliphatic carboxylic acids is 1. The summed E-state index contributed by atoms with van der Waals surface area (Å²) in [5.41, 5.74) is 1.24. The van der Waals surface area contributed by atoms with Crippen molar-refractivity contribution in [3.63, 3.8) is 0 Å². The standard InChI is InChI=1S/C12H16NO3.C2HF3O2.Hg/c1-9(14)13-7-6-10-4-5-11(15-2)12(8-10)16-3;3-2(4,5)1(6)7;/h5,8H,6-7H2,1-3H3,(H,13,14);(H,6,7);. The molecule has 0 spiro atoms. The smallest absolute Gasteiger partial charge is 0.475 e. The van der Waals surface area contributed by atoms with E-state index in [1.807, 2.05) is 12.1 Å². The molecular formula is C14H17F3HgNO5. The zero-order valence-electron chi connectivity index (χ0n) is 13.5. The predicted octanol–water partition coefficient (Wildman–Crippen LogP) is 1.19. The number of hydrogen-bond donors (Lipinski definition) is 2. The van der Waals surface area contributed by atoms with Crippen LogP contribution in [0, 0.1) is 0 Å². The van der Waals surface area contributed by atoms with Crippen molar-refractivity contribution >= 4 is 14.9 Å². The first kappa shape index (κ1) is 22.5. The molecule has 0 radical (unpaired) electrons. The second-order valence-corrected chi connectivity index (χ2v) is 7.47. The summed E-state index contributed by atoms with van der Waals surface area (Å²) in [6.45, 7) is 2.19. The normalized spacial score (nSPS) is 10.3. The third-order valence-electron chi connectivity index (χ3n) is 2.72. The third kappa shape index (κ3) is 8.37. The fraction of sp³-hybridized carbons (Fsp3) is 0.429. The fourth-order valence-electron chi connectivity index (χ4n) is 1.57. The first-order valence-electron chi connectivity index (χ1n) is 6.64. The quantitative estimate of drug-likeness (QED) is 0.553. The average Bonchev–Trinajstić information content (AvgIpc) is 2.47. The second kappa shape index (κ2) is 10.4. The number of benzene rings is 1. The number of rotatable bonds is 5. The molecule has 0 heterocycles. The molecule has 131 valence electrons. The Morgan fingerprint density at radius 1 is 1.21 bits per heavy atom. The summed E-state index contributed by atoms with van der Waals surface area (Å²) in [6, 6.07) is 4.04. The molecule has 0 aliphatic rings. The molecule has 2 N–H and O–H groups in total. The van der Waals surface area contributed by atoms with Crippen LogP contribution >= 0.6 is 0 Å². The van der Waals surface area contributed by atoms with Crippen LogP contribution in [0.5, 0.6) is 11.5 Å². The van der Waals surface area contributed by atoms with Gasteiger partial charge in [-0.15, -0.1) is 0 Å². The van der Waals surface area contributed by atoms with Gasteiger partial charge in [-0.1, -0.05) is 0 Å². The van der Waals surface area contributed by atoms with Crippen molar-refractivity contribution in [2.75, 3.05) is 20.8 Å². The Kier molecular flexibility index (Phi) is 9.72. The van der Waals surface area contributed by atoms with Crippen LogP contribution < -0.4 is 17.9 Å². The first-order chi connectivity index (χ1) is 11.0. The van der Waals surface area contributed by atoms with Crippen LogP contribution in [0.3, 0.4) is 0 Å². The van der Waals surface area contributed by atoms with Gasteiger partial charge < -0.3 is 5.11 Å². The minimum atomic E-state index is -5.08. The molecule has 1 rings (SSSR count). The van der Waals surface area contributed by atoms with E-state index in [0.717, 1.165) is 17.9 Å². The molecule has 0 saturated carbocycles. The fourth-order valence-corrected chi connectivity index (χ4v) is 3.37. The van der Waals surface area contributed by atoms with Crippen molar-refractivity contribution < 1.29 is 63.5 Å². The summed E-state index contributed by atoms with van der Waals surface area (Å²) in [7, 11) is 3.27. The first-order valence-corrected chi connectivity index (χ1v) is 9.39. The van der Waals surface area contributed by atoms with E-state index in [0.29, 0.717) is 32.7 Å². The third-order valence-corrected chi connectivity index (χ3v) is 5.28. The van der Waals surface area contributed by atoms with Gasteiger partial charge in [0, 0.05) is 0 Å². The summed E-state index contributed by atoms with van der Waals surface area (Å²) in [5, 5.41) is 9.92. The number of carboxylic acids is 1. The zero-order chi connectivity index (χ0) is 18.9. The van der Waals surface area contributed by atoms with E-state index < -0.39 is 12.1 Å². The minimum absolute atomic E-state index is 0.00488. The molecule has 0 aliphatic carbocycles. The minimum Gasteiger partial charge on any atom is -0.475 e. The van der Waals surface area contributed by atoms with Crippen LogP contribution in [0.4, 0.5) is 13.2 Å². The van der Waals surface area contributed by atoms with Crippen molar-refractivity contribution in [3.05, 3.63) is 17.7 Å². The Bertz CT molecular complexity index is 578.